The Balaban J connectivity index is 2.15. The molecule has 6 nitrogen and oxygen atoms in total. The highest BCUT2D eigenvalue weighted by molar-refractivity contribution is 7.90. The van der Waals surface area contributed by atoms with Gasteiger partial charge in [-0.1, -0.05) is 43.7 Å². The van der Waals surface area contributed by atoms with E-state index in [9.17, 15) is 18.5 Å². The van der Waals surface area contributed by atoms with E-state index in [2.05, 4.69) is 6.92 Å². The molecule has 146 valence electrons. The minimum Gasteiger partial charge on any atom is -0.258 e. The van der Waals surface area contributed by atoms with Gasteiger partial charge in [-0.3, -0.25) is 10.1 Å². The monoisotopic (exact) mass is 398 g/mol. The maximum absolute atomic E-state index is 13.4. The van der Waals surface area contributed by atoms with Crippen LogP contribution in [0, 0.1) is 17.0 Å². The molecule has 3 rings (SSSR count). The number of hydrogen-bond donors (Lipinski definition) is 0. The van der Waals surface area contributed by atoms with E-state index in [4.69, 9.17) is 0 Å². The van der Waals surface area contributed by atoms with E-state index in [0.29, 0.717) is 12.1 Å². The van der Waals surface area contributed by atoms with E-state index in [1.165, 1.54) is 28.2 Å². The summed E-state index contributed by atoms with van der Waals surface area (Å²) < 4.78 is 28.1. The first-order valence-corrected chi connectivity index (χ1v) is 10.6. The quantitative estimate of drug-likeness (QED) is 0.416. The molecule has 3 aromatic rings. The van der Waals surface area contributed by atoms with Crippen molar-refractivity contribution in [3.8, 4) is 11.1 Å². The number of benzene rings is 2. The third kappa shape index (κ3) is 3.71. The fourth-order valence-corrected chi connectivity index (χ4v) is 4.88. The molecule has 0 unspecified atom stereocenters. The number of rotatable bonds is 7. The number of non-ortho nitro benzene ring substituents is 1. The standard InChI is InChI=1S/C21H22N2O4S/c1-3-4-10-19-15-21(17-8-6-5-7-9-17)16(2)22(19)28(26,27)20-13-11-18(12-14-20)23(24)25/h5-9,11-15H,3-4,10H2,1-2H3. The van der Waals surface area contributed by atoms with Crippen LogP contribution < -0.4 is 0 Å². The van der Waals surface area contributed by atoms with Crippen LogP contribution in [0.1, 0.15) is 31.2 Å². The number of nitrogens with zero attached hydrogens (tertiary/aromatic N) is 2. The van der Waals surface area contributed by atoms with Crippen molar-refractivity contribution < 1.29 is 13.3 Å². The van der Waals surface area contributed by atoms with Crippen LogP contribution in [-0.2, 0) is 16.4 Å². The Morgan fingerprint density at radius 3 is 2.25 bits per heavy atom. The topological polar surface area (TPSA) is 82.2 Å². The molecule has 28 heavy (non-hydrogen) atoms. The van der Waals surface area contributed by atoms with Gasteiger partial charge in [-0.2, -0.15) is 0 Å². The Bertz CT molecular complexity index is 1090. The van der Waals surface area contributed by atoms with Crippen LogP contribution in [-0.4, -0.2) is 17.3 Å². The highest BCUT2D eigenvalue weighted by Gasteiger charge is 2.25. The van der Waals surface area contributed by atoms with Gasteiger partial charge in [0.25, 0.3) is 15.7 Å². The third-order valence-electron chi connectivity index (χ3n) is 4.72. The minimum atomic E-state index is -3.87. The van der Waals surface area contributed by atoms with Crippen molar-refractivity contribution in [3.05, 3.63) is 82.2 Å². The highest BCUT2D eigenvalue weighted by atomic mass is 32.2. The third-order valence-corrected chi connectivity index (χ3v) is 6.58. The second kappa shape index (κ2) is 7.98. The van der Waals surface area contributed by atoms with Crippen molar-refractivity contribution in [2.24, 2.45) is 0 Å². The first-order chi connectivity index (χ1) is 13.4. The summed E-state index contributed by atoms with van der Waals surface area (Å²) >= 11 is 0. The molecule has 1 aromatic heterocycles. The summed E-state index contributed by atoms with van der Waals surface area (Å²) in [7, 11) is -3.87. The van der Waals surface area contributed by atoms with Crippen LogP contribution in [0.4, 0.5) is 5.69 Å². The van der Waals surface area contributed by atoms with Gasteiger partial charge in [0.05, 0.1) is 9.82 Å². The lowest BCUT2D eigenvalue weighted by molar-refractivity contribution is -0.384. The second-order valence-electron chi connectivity index (χ2n) is 6.62. The average Bonchev–Trinajstić information content (AvgIpc) is 3.04. The fraction of sp³-hybridized carbons (Fsp3) is 0.238. The summed E-state index contributed by atoms with van der Waals surface area (Å²) in [5, 5.41) is 10.9. The molecule has 0 aliphatic carbocycles. The van der Waals surface area contributed by atoms with Gasteiger partial charge in [0.15, 0.2) is 0 Å². The molecule has 0 bridgehead atoms. The number of aromatic nitrogens is 1. The van der Waals surface area contributed by atoms with Crippen molar-refractivity contribution in [2.45, 2.75) is 38.0 Å². The molecular formula is C21H22N2O4S. The lowest BCUT2D eigenvalue weighted by Crippen LogP contribution is -2.17. The van der Waals surface area contributed by atoms with Crippen molar-refractivity contribution in [3.63, 3.8) is 0 Å². The lowest BCUT2D eigenvalue weighted by Gasteiger charge is -2.13. The van der Waals surface area contributed by atoms with Crippen LogP contribution >= 0.6 is 0 Å². The molecule has 0 aliphatic rings. The van der Waals surface area contributed by atoms with E-state index >= 15 is 0 Å². The molecule has 0 fully saturated rings. The fourth-order valence-electron chi connectivity index (χ4n) is 3.28. The number of aryl methyl sites for hydroxylation is 1. The molecule has 7 heteroatoms. The van der Waals surface area contributed by atoms with Crippen LogP contribution in [0.25, 0.3) is 11.1 Å². The van der Waals surface area contributed by atoms with Gasteiger partial charge in [0, 0.05) is 29.1 Å². The van der Waals surface area contributed by atoms with Crippen molar-refractivity contribution in [2.75, 3.05) is 0 Å². The molecule has 0 spiro atoms. The van der Waals surface area contributed by atoms with Crippen molar-refractivity contribution in [1.82, 2.24) is 3.97 Å². The van der Waals surface area contributed by atoms with Gasteiger partial charge in [-0.25, -0.2) is 12.4 Å². The Morgan fingerprint density at radius 1 is 1.04 bits per heavy atom. The van der Waals surface area contributed by atoms with Crippen LogP contribution in [0.2, 0.25) is 0 Å². The SMILES string of the molecule is CCCCc1cc(-c2ccccc2)c(C)n1S(=O)(=O)c1ccc([N+](=O)[O-])cc1. The van der Waals surface area contributed by atoms with Gasteiger partial charge < -0.3 is 0 Å². The normalized spacial score (nSPS) is 11.5. The van der Waals surface area contributed by atoms with Crippen LogP contribution in [0.3, 0.4) is 0 Å². The Hall–Kier alpha value is -2.93. The second-order valence-corrected chi connectivity index (χ2v) is 8.41. The van der Waals surface area contributed by atoms with Gasteiger partial charge in [-0.15, -0.1) is 0 Å². The van der Waals surface area contributed by atoms with E-state index in [1.54, 1.807) is 6.92 Å². The summed E-state index contributed by atoms with van der Waals surface area (Å²) in [4.78, 5) is 10.4. The van der Waals surface area contributed by atoms with E-state index in [0.717, 1.165) is 29.7 Å². The van der Waals surface area contributed by atoms with E-state index in [1.807, 2.05) is 36.4 Å². The molecule has 0 atom stereocenters. The molecule has 0 radical (unpaired) electrons. The van der Waals surface area contributed by atoms with E-state index in [-0.39, 0.29) is 10.6 Å². The number of nitro benzene ring substituents is 1. The molecule has 2 aromatic carbocycles. The largest absolute Gasteiger partial charge is 0.269 e. The number of hydrogen-bond acceptors (Lipinski definition) is 4. The Labute approximate surface area is 164 Å². The van der Waals surface area contributed by atoms with Gasteiger partial charge in [0.1, 0.15) is 0 Å². The maximum atomic E-state index is 13.4. The van der Waals surface area contributed by atoms with Crippen molar-refractivity contribution in [1.29, 1.82) is 0 Å². The predicted octanol–water partition coefficient (Wildman–Crippen LogP) is 4.95. The smallest absolute Gasteiger partial charge is 0.258 e. The first-order valence-electron chi connectivity index (χ1n) is 9.13. The summed E-state index contributed by atoms with van der Waals surface area (Å²) in [6.45, 7) is 3.85. The summed E-state index contributed by atoms with van der Waals surface area (Å²) in [5.41, 5.74) is 3.04. The minimum absolute atomic E-state index is 0.0363. The highest BCUT2D eigenvalue weighted by Crippen LogP contribution is 2.31. The van der Waals surface area contributed by atoms with Gasteiger partial charge >= 0.3 is 0 Å². The zero-order chi connectivity index (χ0) is 20.3. The van der Waals surface area contributed by atoms with E-state index < -0.39 is 14.9 Å². The number of unbranched alkanes of at least 4 members (excludes halogenated alkanes) is 1. The summed E-state index contributed by atoms with van der Waals surface area (Å²) in [5.74, 6) is 0. The Morgan fingerprint density at radius 2 is 1.68 bits per heavy atom. The number of nitro groups is 1. The first kappa shape index (κ1) is 19.8. The molecule has 0 aliphatic heterocycles. The zero-order valence-corrected chi connectivity index (χ0v) is 16.6. The Kier molecular flexibility index (Phi) is 5.65. The zero-order valence-electron chi connectivity index (χ0n) is 15.8. The summed E-state index contributed by atoms with van der Waals surface area (Å²) in [6, 6.07) is 16.6. The molecule has 0 saturated heterocycles. The maximum Gasteiger partial charge on any atom is 0.269 e. The molecule has 1 heterocycles. The van der Waals surface area contributed by atoms with Gasteiger partial charge in [0.2, 0.25) is 0 Å². The summed E-state index contributed by atoms with van der Waals surface area (Å²) in [6.07, 6.45) is 2.45. The molecule has 0 saturated carbocycles. The van der Waals surface area contributed by atoms with Gasteiger partial charge in [-0.05, 0) is 43.5 Å². The predicted molar refractivity (Wildman–Crippen MR) is 109 cm³/mol. The van der Waals surface area contributed by atoms with Crippen LogP contribution in [0.5, 0.6) is 0 Å². The average molecular weight is 398 g/mol. The van der Waals surface area contributed by atoms with Crippen molar-refractivity contribution >= 4 is 15.7 Å². The molecule has 0 amide bonds. The molecule has 0 N–H and O–H groups in total. The lowest BCUT2D eigenvalue weighted by atomic mass is 10.1. The van der Waals surface area contributed by atoms with Crippen LogP contribution in [0.15, 0.2) is 65.6 Å². The molecular weight excluding hydrogens is 376 g/mol.